The molecule has 1 heterocycles. The molecule has 0 unspecified atom stereocenters. The molecule has 0 radical (unpaired) electrons. The zero-order valence-electron chi connectivity index (χ0n) is 13.1. The number of methoxy groups -OCH3 is 1. The zero-order valence-corrected chi connectivity index (χ0v) is 13.9. The lowest BCUT2D eigenvalue weighted by Gasteiger charge is -2.13. The monoisotopic (exact) mass is 298 g/mol. The van der Waals surface area contributed by atoms with Gasteiger partial charge in [-0.2, -0.15) is 0 Å². The molecule has 1 aromatic rings. The minimum atomic E-state index is 0.105. The Balaban J connectivity index is 2.59. The lowest BCUT2D eigenvalue weighted by atomic mass is 9.98. The van der Waals surface area contributed by atoms with Crippen LogP contribution >= 0.6 is 11.3 Å². The molecule has 5 nitrogen and oxygen atoms in total. The van der Waals surface area contributed by atoms with Crippen LogP contribution in [0.1, 0.15) is 38.4 Å². The summed E-state index contributed by atoms with van der Waals surface area (Å²) in [5, 5.41) is 9.67. The first-order valence-electron chi connectivity index (χ1n) is 6.93. The van der Waals surface area contributed by atoms with E-state index >= 15 is 0 Å². The first-order chi connectivity index (χ1) is 9.47. The van der Waals surface area contributed by atoms with Crippen LogP contribution < -0.4 is 10.6 Å². The van der Waals surface area contributed by atoms with Crippen molar-refractivity contribution in [2.45, 2.75) is 39.7 Å². The van der Waals surface area contributed by atoms with Crippen LogP contribution in [0.15, 0.2) is 10.4 Å². The fraction of sp³-hybridized carbons (Fsp3) is 0.714. The molecule has 0 bridgehead atoms. The van der Waals surface area contributed by atoms with E-state index < -0.39 is 0 Å². The smallest absolute Gasteiger partial charge is 0.191 e. The van der Waals surface area contributed by atoms with Crippen LogP contribution in [0.2, 0.25) is 0 Å². The van der Waals surface area contributed by atoms with Crippen LogP contribution in [0, 0.1) is 0 Å². The second-order valence-electron chi connectivity index (χ2n) is 5.51. The quantitative estimate of drug-likeness (QED) is 0.480. The molecule has 0 atom stereocenters. The number of thiazole rings is 1. The maximum atomic E-state index is 5.02. The number of nitrogens with one attached hydrogen (secondary N) is 2. The lowest BCUT2D eigenvalue weighted by molar-refractivity contribution is 0.203. The number of guanidine groups is 1. The molecule has 1 rings (SSSR count). The van der Waals surface area contributed by atoms with Gasteiger partial charge in [0.1, 0.15) is 0 Å². The standard InChI is InChI=1S/C14H26N4OS/c1-6-15-13(16-7-8-19-5)17-9-11-10-20-12(18-11)14(2,3)4/h10H,6-9H2,1-5H3,(H2,15,16,17). The van der Waals surface area contributed by atoms with Gasteiger partial charge in [-0.05, 0) is 6.92 Å². The maximum absolute atomic E-state index is 5.02. The molecular formula is C14H26N4OS. The third-order valence-corrected chi connectivity index (χ3v) is 3.85. The largest absolute Gasteiger partial charge is 0.383 e. The third-order valence-electron chi connectivity index (χ3n) is 2.54. The number of rotatable bonds is 6. The molecule has 0 fully saturated rings. The zero-order chi connectivity index (χ0) is 15.0. The predicted octanol–water partition coefficient (Wildman–Crippen LogP) is 2.14. The van der Waals surface area contributed by atoms with Gasteiger partial charge in [-0.25, -0.2) is 9.98 Å². The highest BCUT2D eigenvalue weighted by molar-refractivity contribution is 7.09. The highest BCUT2D eigenvalue weighted by atomic mass is 32.1. The van der Waals surface area contributed by atoms with Gasteiger partial charge < -0.3 is 15.4 Å². The Hall–Kier alpha value is -1.14. The van der Waals surface area contributed by atoms with Gasteiger partial charge in [-0.1, -0.05) is 20.8 Å². The fourth-order valence-electron chi connectivity index (χ4n) is 1.50. The van der Waals surface area contributed by atoms with Gasteiger partial charge in [0.25, 0.3) is 0 Å². The van der Waals surface area contributed by atoms with Gasteiger partial charge in [-0.3, -0.25) is 0 Å². The summed E-state index contributed by atoms with van der Waals surface area (Å²) in [5.74, 6) is 0.801. The molecule has 0 aliphatic heterocycles. The summed E-state index contributed by atoms with van der Waals surface area (Å²) in [4.78, 5) is 9.18. The Morgan fingerprint density at radius 1 is 1.40 bits per heavy atom. The van der Waals surface area contributed by atoms with Crippen molar-refractivity contribution in [3.05, 3.63) is 16.1 Å². The summed E-state index contributed by atoms with van der Waals surface area (Å²) in [5.41, 5.74) is 1.12. The van der Waals surface area contributed by atoms with Crippen LogP contribution in [0.5, 0.6) is 0 Å². The van der Waals surface area contributed by atoms with Crippen molar-refractivity contribution in [1.82, 2.24) is 15.6 Å². The van der Waals surface area contributed by atoms with Gasteiger partial charge in [0.05, 0.1) is 23.9 Å². The first kappa shape index (κ1) is 16.9. The van der Waals surface area contributed by atoms with Crippen molar-refractivity contribution >= 4 is 17.3 Å². The molecule has 20 heavy (non-hydrogen) atoms. The number of hydrogen-bond donors (Lipinski definition) is 2. The van der Waals surface area contributed by atoms with Crippen LogP contribution in [-0.4, -0.2) is 37.7 Å². The summed E-state index contributed by atoms with van der Waals surface area (Å²) in [6.45, 7) is 11.4. The number of aromatic nitrogens is 1. The summed E-state index contributed by atoms with van der Waals surface area (Å²) in [6, 6.07) is 0. The molecule has 0 saturated carbocycles. The second-order valence-corrected chi connectivity index (χ2v) is 6.37. The summed E-state index contributed by atoms with van der Waals surface area (Å²) >= 11 is 1.70. The molecule has 0 aliphatic rings. The van der Waals surface area contributed by atoms with Gasteiger partial charge in [-0.15, -0.1) is 11.3 Å². The minimum absolute atomic E-state index is 0.105. The van der Waals surface area contributed by atoms with E-state index in [2.05, 4.69) is 46.8 Å². The Morgan fingerprint density at radius 2 is 2.15 bits per heavy atom. The van der Waals surface area contributed by atoms with Crippen LogP contribution in [-0.2, 0) is 16.7 Å². The van der Waals surface area contributed by atoms with Crippen molar-refractivity contribution < 1.29 is 4.74 Å². The van der Waals surface area contributed by atoms with Crippen molar-refractivity contribution in [2.75, 3.05) is 26.8 Å². The van der Waals surface area contributed by atoms with E-state index in [1.807, 2.05) is 6.92 Å². The summed E-state index contributed by atoms with van der Waals surface area (Å²) in [7, 11) is 1.69. The Kier molecular flexibility index (Phi) is 6.95. The molecule has 114 valence electrons. The van der Waals surface area contributed by atoms with Crippen molar-refractivity contribution in [3.63, 3.8) is 0 Å². The maximum Gasteiger partial charge on any atom is 0.191 e. The molecule has 1 aromatic heterocycles. The number of nitrogens with zero attached hydrogens (tertiary/aromatic N) is 2. The van der Waals surface area contributed by atoms with E-state index in [0.717, 1.165) is 29.8 Å². The number of aliphatic imine (C=N–C) groups is 1. The molecular weight excluding hydrogens is 272 g/mol. The molecule has 0 aliphatic carbocycles. The topological polar surface area (TPSA) is 58.5 Å². The van der Waals surface area contributed by atoms with E-state index in [9.17, 15) is 0 Å². The van der Waals surface area contributed by atoms with Crippen LogP contribution in [0.4, 0.5) is 0 Å². The Morgan fingerprint density at radius 3 is 2.70 bits per heavy atom. The van der Waals surface area contributed by atoms with E-state index in [1.54, 1.807) is 18.4 Å². The Bertz CT molecular complexity index is 423. The third kappa shape index (κ3) is 5.88. The van der Waals surface area contributed by atoms with Crippen molar-refractivity contribution in [3.8, 4) is 0 Å². The molecule has 0 saturated heterocycles. The molecule has 6 heteroatoms. The van der Waals surface area contributed by atoms with Crippen LogP contribution in [0.25, 0.3) is 0 Å². The molecule has 2 N–H and O–H groups in total. The highest BCUT2D eigenvalue weighted by Crippen LogP contribution is 2.25. The minimum Gasteiger partial charge on any atom is -0.383 e. The van der Waals surface area contributed by atoms with Gasteiger partial charge in [0, 0.05) is 31.0 Å². The fourth-order valence-corrected chi connectivity index (χ4v) is 2.40. The molecule has 0 aromatic carbocycles. The summed E-state index contributed by atoms with van der Waals surface area (Å²) < 4.78 is 5.02. The van der Waals surface area contributed by atoms with E-state index in [-0.39, 0.29) is 5.41 Å². The number of hydrogen-bond acceptors (Lipinski definition) is 4. The van der Waals surface area contributed by atoms with E-state index in [1.165, 1.54) is 0 Å². The highest BCUT2D eigenvalue weighted by Gasteiger charge is 2.17. The van der Waals surface area contributed by atoms with Gasteiger partial charge in [0.15, 0.2) is 5.96 Å². The van der Waals surface area contributed by atoms with Crippen molar-refractivity contribution in [2.24, 2.45) is 4.99 Å². The average molecular weight is 298 g/mol. The van der Waals surface area contributed by atoms with E-state index in [4.69, 9.17) is 4.74 Å². The van der Waals surface area contributed by atoms with Crippen LogP contribution in [0.3, 0.4) is 0 Å². The molecule has 0 amide bonds. The van der Waals surface area contributed by atoms with Crippen molar-refractivity contribution in [1.29, 1.82) is 0 Å². The van der Waals surface area contributed by atoms with Gasteiger partial charge in [0.2, 0.25) is 0 Å². The van der Waals surface area contributed by atoms with Gasteiger partial charge >= 0.3 is 0 Å². The Labute approximate surface area is 125 Å². The lowest BCUT2D eigenvalue weighted by Crippen LogP contribution is -2.38. The number of ether oxygens (including phenoxy) is 1. The normalized spacial score (nSPS) is 12.6. The average Bonchev–Trinajstić information content (AvgIpc) is 2.85. The first-order valence-corrected chi connectivity index (χ1v) is 7.81. The summed E-state index contributed by atoms with van der Waals surface area (Å²) in [6.07, 6.45) is 0. The van der Waals surface area contributed by atoms with E-state index in [0.29, 0.717) is 13.2 Å². The molecule has 0 spiro atoms. The predicted molar refractivity (Wildman–Crippen MR) is 85.5 cm³/mol. The second kappa shape index (κ2) is 8.21. The SMILES string of the molecule is CCNC(=NCc1csc(C(C)(C)C)n1)NCCOC.